The normalized spacial score (nSPS) is 11.0. The van der Waals surface area contributed by atoms with E-state index >= 15 is 0 Å². The van der Waals surface area contributed by atoms with E-state index in [4.69, 9.17) is 4.74 Å². The lowest BCUT2D eigenvalue weighted by Crippen LogP contribution is -2.26. The predicted octanol–water partition coefficient (Wildman–Crippen LogP) is 4.08. The summed E-state index contributed by atoms with van der Waals surface area (Å²) in [5.41, 5.74) is 2.40. The fourth-order valence-electron chi connectivity index (χ4n) is 3.18. The first-order valence-electron chi connectivity index (χ1n) is 10.6. The van der Waals surface area contributed by atoms with Crippen molar-refractivity contribution in [1.29, 1.82) is 0 Å². The van der Waals surface area contributed by atoms with E-state index in [-0.39, 0.29) is 24.6 Å². The Morgan fingerprint density at radius 1 is 1.11 bits per heavy atom. The lowest BCUT2D eigenvalue weighted by Gasteiger charge is -2.14. The number of carbonyl (C=O) groups is 2. The van der Waals surface area contributed by atoms with Gasteiger partial charge in [0.2, 0.25) is 5.91 Å². The molecule has 2 aromatic heterocycles. The Labute approximate surface area is 200 Å². The summed E-state index contributed by atoms with van der Waals surface area (Å²) in [5.74, 6) is -0.258. The molecule has 0 aliphatic rings. The number of ether oxygens (including phenoxy) is 1. The molecule has 0 bridgehead atoms. The third kappa shape index (κ3) is 6.89. The molecule has 7 nitrogen and oxygen atoms in total. The molecule has 0 unspecified atom stereocenters. The van der Waals surface area contributed by atoms with Gasteiger partial charge in [0.15, 0.2) is 0 Å². The summed E-state index contributed by atoms with van der Waals surface area (Å²) >= 11 is 0. The zero-order chi connectivity index (χ0) is 25.4. The molecular formula is C25H23F3N4O3. The van der Waals surface area contributed by atoms with Crippen molar-refractivity contribution in [1.82, 2.24) is 20.6 Å². The van der Waals surface area contributed by atoms with Gasteiger partial charge in [-0.1, -0.05) is 24.8 Å². The summed E-state index contributed by atoms with van der Waals surface area (Å²) in [4.78, 5) is 31.0. The molecule has 10 heteroatoms. The van der Waals surface area contributed by atoms with Crippen LogP contribution in [-0.4, -0.2) is 34.9 Å². The summed E-state index contributed by atoms with van der Waals surface area (Å²) in [6.45, 7) is 6.03. The molecule has 0 aliphatic heterocycles. The minimum atomic E-state index is -4.56. The summed E-state index contributed by atoms with van der Waals surface area (Å²) in [7, 11) is 0. The van der Waals surface area contributed by atoms with Gasteiger partial charge in [0.05, 0.1) is 18.3 Å². The van der Waals surface area contributed by atoms with Crippen LogP contribution in [0.25, 0.3) is 11.1 Å². The van der Waals surface area contributed by atoms with Crippen molar-refractivity contribution < 1.29 is 27.5 Å². The van der Waals surface area contributed by atoms with E-state index < -0.39 is 17.8 Å². The second-order valence-electron chi connectivity index (χ2n) is 7.47. The molecule has 0 spiro atoms. The van der Waals surface area contributed by atoms with E-state index in [0.717, 1.165) is 40.6 Å². The van der Waals surface area contributed by atoms with Crippen LogP contribution in [0.4, 0.5) is 13.2 Å². The molecule has 0 fully saturated rings. The summed E-state index contributed by atoms with van der Waals surface area (Å²) in [6, 6.07) is 9.33. The first-order chi connectivity index (χ1) is 16.7. The number of carbonyl (C=O) groups excluding carboxylic acids is 2. The van der Waals surface area contributed by atoms with Crippen molar-refractivity contribution in [2.75, 3.05) is 13.2 Å². The minimum Gasteiger partial charge on any atom is -0.489 e. The van der Waals surface area contributed by atoms with Crippen LogP contribution in [0.5, 0.6) is 5.75 Å². The number of aromatic nitrogens is 2. The largest absolute Gasteiger partial charge is 0.489 e. The Kier molecular flexibility index (Phi) is 8.19. The highest BCUT2D eigenvalue weighted by Crippen LogP contribution is 2.30. The van der Waals surface area contributed by atoms with Gasteiger partial charge in [-0.05, 0) is 47.9 Å². The summed E-state index contributed by atoms with van der Waals surface area (Å²) in [5, 5.41) is 5.33. The molecule has 0 saturated heterocycles. The number of halogens is 3. The predicted molar refractivity (Wildman–Crippen MR) is 124 cm³/mol. The third-order valence-corrected chi connectivity index (χ3v) is 5.04. The first kappa shape index (κ1) is 25.4. The number of pyridine rings is 2. The zero-order valence-electron chi connectivity index (χ0n) is 18.9. The molecular weight excluding hydrogens is 461 g/mol. The lowest BCUT2D eigenvalue weighted by atomic mass is 10.00. The highest BCUT2D eigenvalue weighted by molar-refractivity contribution is 5.93. The number of hydrogen-bond acceptors (Lipinski definition) is 5. The van der Waals surface area contributed by atoms with Crippen LogP contribution in [0.2, 0.25) is 0 Å². The number of alkyl halides is 3. The van der Waals surface area contributed by atoms with Gasteiger partial charge < -0.3 is 15.4 Å². The van der Waals surface area contributed by atoms with E-state index in [1.165, 1.54) is 6.08 Å². The molecule has 2 heterocycles. The van der Waals surface area contributed by atoms with E-state index in [1.54, 1.807) is 12.4 Å². The molecule has 2 amide bonds. The Morgan fingerprint density at radius 3 is 2.57 bits per heavy atom. The standard InChI is InChI=1S/C25H23F3N4O3/c1-3-23(33)30-10-11-35-21-15-29-9-8-20(21)17-4-5-18(16(2)12-17)13-32-24(34)19-6-7-22(31-14-19)25(26,27)28/h3-9,12,14-15H,1,10-11,13H2,2H3,(H,30,33)(H,32,34). The highest BCUT2D eigenvalue weighted by Gasteiger charge is 2.32. The molecule has 3 rings (SSSR count). The van der Waals surface area contributed by atoms with E-state index in [9.17, 15) is 22.8 Å². The number of nitrogens with one attached hydrogen (secondary N) is 2. The Bertz CT molecular complexity index is 1210. The van der Waals surface area contributed by atoms with Crippen molar-refractivity contribution in [2.45, 2.75) is 19.6 Å². The van der Waals surface area contributed by atoms with Crippen molar-refractivity contribution in [3.8, 4) is 16.9 Å². The molecule has 0 aliphatic carbocycles. The maximum atomic E-state index is 12.6. The van der Waals surface area contributed by atoms with Gasteiger partial charge in [0, 0.05) is 24.5 Å². The maximum absolute atomic E-state index is 12.6. The van der Waals surface area contributed by atoms with Crippen LogP contribution < -0.4 is 15.4 Å². The fraction of sp³-hybridized carbons (Fsp3) is 0.200. The number of nitrogens with zero attached hydrogens (tertiary/aromatic N) is 2. The third-order valence-electron chi connectivity index (χ3n) is 5.04. The van der Waals surface area contributed by atoms with Crippen LogP contribution in [0.1, 0.15) is 27.2 Å². The number of rotatable bonds is 9. The van der Waals surface area contributed by atoms with Crippen molar-refractivity contribution >= 4 is 11.8 Å². The molecule has 0 radical (unpaired) electrons. The maximum Gasteiger partial charge on any atom is 0.433 e. The van der Waals surface area contributed by atoms with Crippen molar-refractivity contribution in [3.63, 3.8) is 0 Å². The van der Waals surface area contributed by atoms with Gasteiger partial charge >= 0.3 is 6.18 Å². The summed E-state index contributed by atoms with van der Waals surface area (Å²) < 4.78 is 43.7. The molecule has 182 valence electrons. The second-order valence-corrected chi connectivity index (χ2v) is 7.47. The van der Waals surface area contributed by atoms with Crippen LogP contribution in [0, 0.1) is 6.92 Å². The molecule has 0 saturated carbocycles. The minimum absolute atomic E-state index is 0.0372. The van der Waals surface area contributed by atoms with Gasteiger partial charge in [0.1, 0.15) is 18.1 Å². The van der Waals surface area contributed by atoms with Gasteiger partial charge in [-0.2, -0.15) is 13.2 Å². The van der Waals surface area contributed by atoms with Gasteiger partial charge in [-0.15, -0.1) is 0 Å². The molecule has 2 N–H and O–H groups in total. The SMILES string of the molecule is C=CC(=O)NCCOc1cnccc1-c1ccc(CNC(=O)c2ccc(C(F)(F)F)nc2)c(C)c1. The number of benzene rings is 1. The number of amides is 2. The highest BCUT2D eigenvalue weighted by atomic mass is 19.4. The lowest BCUT2D eigenvalue weighted by molar-refractivity contribution is -0.141. The smallest absolute Gasteiger partial charge is 0.433 e. The zero-order valence-corrected chi connectivity index (χ0v) is 18.9. The molecule has 35 heavy (non-hydrogen) atoms. The molecule has 0 atom stereocenters. The molecule has 3 aromatic rings. The Balaban J connectivity index is 1.64. The quantitative estimate of drug-likeness (QED) is 0.353. The van der Waals surface area contributed by atoms with E-state index in [0.29, 0.717) is 12.3 Å². The van der Waals surface area contributed by atoms with Crippen molar-refractivity contribution in [2.24, 2.45) is 0 Å². The fourth-order valence-corrected chi connectivity index (χ4v) is 3.18. The molecule has 1 aromatic carbocycles. The van der Waals surface area contributed by atoms with Crippen LogP contribution in [0.15, 0.2) is 67.6 Å². The van der Waals surface area contributed by atoms with Crippen LogP contribution in [0.3, 0.4) is 0 Å². The number of aryl methyl sites for hydroxylation is 1. The van der Waals surface area contributed by atoms with Gasteiger partial charge in [0.25, 0.3) is 5.91 Å². The number of hydrogen-bond donors (Lipinski definition) is 2. The summed E-state index contributed by atoms with van der Waals surface area (Å²) in [6.07, 6.45) is 0.759. The topological polar surface area (TPSA) is 93.2 Å². The van der Waals surface area contributed by atoms with Gasteiger partial charge in [-0.25, -0.2) is 0 Å². The Morgan fingerprint density at radius 2 is 1.91 bits per heavy atom. The van der Waals surface area contributed by atoms with E-state index in [1.807, 2.05) is 31.2 Å². The average Bonchev–Trinajstić information content (AvgIpc) is 2.85. The van der Waals surface area contributed by atoms with Crippen LogP contribution in [-0.2, 0) is 17.5 Å². The Hall–Kier alpha value is -4.21. The van der Waals surface area contributed by atoms with E-state index in [2.05, 4.69) is 27.2 Å². The average molecular weight is 484 g/mol. The van der Waals surface area contributed by atoms with Gasteiger partial charge in [-0.3, -0.25) is 19.6 Å². The second kappa shape index (κ2) is 11.3. The first-order valence-corrected chi connectivity index (χ1v) is 10.6. The van der Waals surface area contributed by atoms with Crippen molar-refractivity contribution in [3.05, 3.63) is 90.0 Å². The van der Waals surface area contributed by atoms with Crippen LogP contribution >= 0.6 is 0 Å². The monoisotopic (exact) mass is 484 g/mol.